The smallest absolute Gasteiger partial charge is 0.387 e. The van der Waals surface area contributed by atoms with Gasteiger partial charge in [-0.3, -0.25) is 4.79 Å². The first-order valence-corrected chi connectivity index (χ1v) is 7.19. The van der Waals surface area contributed by atoms with Gasteiger partial charge in [0.05, 0.1) is 19.2 Å². The van der Waals surface area contributed by atoms with Crippen molar-refractivity contribution in [3.8, 4) is 17.2 Å². The lowest BCUT2D eigenvalue weighted by molar-refractivity contribution is -0.0515. The van der Waals surface area contributed by atoms with Gasteiger partial charge in [-0.15, -0.1) is 0 Å². The van der Waals surface area contributed by atoms with Crippen molar-refractivity contribution < 1.29 is 27.8 Å². The molecule has 1 amide bonds. The predicted molar refractivity (Wildman–Crippen MR) is 83.9 cm³/mol. The van der Waals surface area contributed by atoms with E-state index in [-0.39, 0.29) is 30.2 Å². The van der Waals surface area contributed by atoms with Crippen molar-refractivity contribution in [2.24, 2.45) is 0 Å². The number of hydrogen-bond donors (Lipinski definition) is 1. The molecule has 0 spiro atoms. The monoisotopic (exact) mass is 337 g/mol. The number of carbonyl (C=O) groups excluding carboxylic acids is 1. The van der Waals surface area contributed by atoms with Crippen LogP contribution >= 0.6 is 0 Å². The van der Waals surface area contributed by atoms with Crippen LogP contribution in [0.25, 0.3) is 0 Å². The highest BCUT2D eigenvalue weighted by Crippen LogP contribution is 2.32. The number of nitrogens with one attached hydrogen (secondary N) is 1. The van der Waals surface area contributed by atoms with Gasteiger partial charge in [-0.25, -0.2) is 0 Å². The van der Waals surface area contributed by atoms with E-state index >= 15 is 0 Å². The average molecular weight is 337 g/mol. The molecule has 0 bridgehead atoms. The molecular weight excluding hydrogens is 320 g/mol. The summed E-state index contributed by atoms with van der Waals surface area (Å²) in [5.41, 5.74) is -0.0330. The summed E-state index contributed by atoms with van der Waals surface area (Å²) < 4.78 is 39.9. The molecule has 5 nitrogen and oxygen atoms in total. The zero-order chi connectivity index (χ0) is 17.4. The number of alkyl halides is 2. The summed E-state index contributed by atoms with van der Waals surface area (Å²) in [6.45, 7) is -2.61. The van der Waals surface area contributed by atoms with Crippen LogP contribution in [0.3, 0.4) is 0 Å². The molecule has 0 atom stereocenters. The third kappa shape index (κ3) is 4.84. The third-order valence-corrected chi connectivity index (χ3v) is 3.05. The first-order chi connectivity index (χ1) is 11.6. The Morgan fingerprint density at radius 3 is 2.54 bits per heavy atom. The second-order valence-corrected chi connectivity index (χ2v) is 4.63. The van der Waals surface area contributed by atoms with E-state index in [2.05, 4.69) is 10.1 Å². The molecule has 0 aromatic heterocycles. The van der Waals surface area contributed by atoms with E-state index < -0.39 is 12.5 Å². The highest BCUT2D eigenvalue weighted by molar-refractivity contribution is 5.97. The highest BCUT2D eigenvalue weighted by atomic mass is 19.3. The molecule has 128 valence electrons. The van der Waals surface area contributed by atoms with Crippen LogP contribution in [0.15, 0.2) is 48.5 Å². The van der Waals surface area contributed by atoms with Crippen molar-refractivity contribution in [1.82, 2.24) is 5.32 Å². The number of rotatable bonds is 8. The quantitative estimate of drug-likeness (QED) is 0.752. The number of carbonyl (C=O) groups is 1. The Kier molecular flexibility index (Phi) is 6.36. The Labute approximate surface area is 138 Å². The zero-order valence-electron chi connectivity index (χ0n) is 13.0. The molecule has 0 aliphatic carbocycles. The minimum absolute atomic E-state index is 0.0330. The molecule has 0 saturated heterocycles. The molecule has 2 aromatic rings. The maximum Gasteiger partial charge on any atom is 0.387 e. The standard InChI is InChI=1S/C17H17F2NO4/c1-22-14-9-5-8-13(15(14)24-17(18)19)16(21)20-10-11-23-12-6-3-2-4-7-12/h2-9,17H,10-11H2,1H3,(H,20,21). The van der Waals surface area contributed by atoms with E-state index in [4.69, 9.17) is 9.47 Å². The number of ether oxygens (including phenoxy) is 3. The lowest BCUT2D eigenvalue weighted by Crippen LogP contribution is -2.28. The second kappa shape index (κ2) is 8.71. The second-order valence-electron chi connectivity index (χ2n) is 4.63. The molecule has 24 heavy (non-hydrogen) atoms. The molecule has 0 radical (unpaired) electrons. The lowest BCUT2D eigenvalue weighted by atomic mass is 10.1. The molecule has 1 N–H and O–H groups in total. The topological polar surface area (TPSA) is 56.8 Å². The van der Waals surface area contributed by atoms with Crippen molar-refractivity contribution in [1.29, 1.82) is 0 Å². The minimum Gasteiger partial charge on any atom is -0.493 e. The van der Waals surface area contributed by atoms with Gasteiger partial charge in [0.15, 0.2) is 11.5 Å². The summed E-state index contributed by atoms with van der Waals surface area (Å²) in [6.07, 6.45) is 0. The van der Waals surface area contributed by atoms with Gasteiger partial charge in [0.25, 0.3) is 5.91 Å². The largest absolute Gasteiger partial charge is 0.493 e. The van der Waals surface area contributed by atoms with Crippen LogP contribution in [-0.4, -0.2) is 32.8 Å². The number of benzene rings is 2. The van der Waals surface area contributed by atoms with Gasteiger partial charge in [0.1, 0.15) is 12.4 Å². The number of halogens is 2. The Bertz CT molecular complexity index is 665. The van der Waals surface area contributed by atoms with E-state index in [1.165, 1.54) is 25.3 Å². The van der Waals surface area contributed by atoms with Crippen LogP contribution < -0.4 is 19.5 Å². The highest BCUT2D eigenvalue weighted by Gasteiger charge is 2.19. The Morgan fingerprint density at radius 2 is 1.88 bits per heavy atom. The van der Waals surface area contributed by atoms with Gasteiger partial charge in [0, 0.05) is 0 Å². The summed E-state index contributed by atoms with van der Waals surface area (Å²) >= 11 is 0. The molecule has 2 aromatic carbocycles. The first kappa shape index (κ1) is 17.5. The lowest BCUT2D eigenvalue weighted by Gasteiger charge is -2.14. The van der Waals surface area contributed by atoms with Crippen LogP contribution in [0, 0.1) is 0 Å². The average Bonchev–Trinajstić information content (AvgIpc) is 2.59. The Balaban J connectivity index is 1.96. The first-order valence-electron chi connectivity index (χ1n) is 7.19. The molecule has 7 heteroatoms. The molecular formula is C17H17F2NO4. The molecule has 0 unspecified atom stereocenters. The maximum atomic E-state index is 12.5. The van der Waals surface area contributed by atoms with Gasteiger partial charge in [-0.2, -0.15) is 8.78 Å². The third-order valence-electron chi connectivity index (χ3n) is 3.05. The van der Waals surface area contributed by atoms with Gasteiger partial charge >= 0.3 is 6.61 Å². The van der Waals surface area contributed by atoms with E-state index in [0.717, 1.165) is 0 Å². The number of para-hydroxylation sites is 2. The van der Waals surface area contributed by atoms with Crippen LogP contribution in [0.2, 0.25) is 0 Å². The normalized spacial score (nSPS) is 10.3. The van der Waals surface area contributed by atoms with Gasteiger partial charge in [-0.05, 0) is 24.3 Å². The fraction of sp³-hybridized carbons (Fsp3) is 0.235. The molecule has 0 aliphatic heterocycles. The fourth-order valence-corrected chi connectivity index (χ4v) is 2.01. The minimum atomic E-state index is -3.06. The van der Waals surface area contributed by atoms with Gasteiger partial charge in [0.2, 0.25) is 0 Å². The van der Waals surface area contributed by atoms with E-state index in [1.54, 1.807) is 12.1 Å². The van der Waals surface area contributed by atoms with E-state index in [1.807, 2.05) is 18.2 Å². The summed E-state index contributed by atoms with van der Waals surface area (Å²) in [6, 6.07) is 13.4. The van der Waals surface area contributed by atoms with Crippen molar-refractivity contribution in [3.05, 3.63) is 54.1 Å². The fourth-order valence-electron chi connectivity index (χ4n) is 2.01. The molecule has 0 saturated carbocycles. The Hall–Kier alpha value is -2.83. The maximum absolute atomic E-state index is 12.5. The van der Waals surface area contributed by atoms with E-state index in [9.17, 15) is 13.6 Å². The molecule has 0 fully saturated rings. The Morgan fingerprint density at radius 1 is 1.12 bits per heavy atom. The van der Waals surface area contributed by atoms with Crippen LogP contribution in [0.5, 0.6) is 17.2 Å². The molecule has 0 heterocycles. The molecule has 0 aliphatic rings. The number of methoxy groups -OCH3 is 1. The number of amides is 1. The van der Waals surface area contributed by atoms with Crippen molar-refractivity contribution >= 4 is 5.91 Å². The predicted octanol–water partition coefficient (Wildman–Crippen LogP) is 3.11. The SMILES string of the molecule is COc1cccc(C(=O)NCCOc2ccccc2)c1OC(F)F. The van der Waals surface area contributed by atoms with Crippen molar-refractivity contribution in [2.75, 3.05) is 20.3 Å². The number of hydrogen-bond acceptors (Lipinski definition) is 4. The van der Waals surface area contributed by atoms with Crippen molar-refractivity contribution in [3.63, 3.8) is 0 Å². The van der Waals surface area contributed by atoms with Gasteiger partial charge < -0.3 is 19.5 Å². The van der Waals surface area contributed by atoms with Crippen LogP contribution in [0.4, 0.5) is 8.78 Å². The van der Waals surface area contributed by atoms with E-state index in [0.29, 0.717) is 5.75 Å². The van der Waals surface area contributed by atoms with Crippen LogP contribution in [0.1, 0.15) is 10.4 Å². The summed E-state index contributed by atoms with van der Waals surface area (Å²) in [5.74, 6) is -0.115. The van der Waals surface area contributed by atoms with Crippen LogP contribution in [-0.2, 0) is 0 Å². The summed E-state index contributed by atoms with van der Waals surface area (Å²) in [7, 11) is 1.31. The summed E-state index contributed by atoms with van der Waals surface area (Å²) in [5, 5.41) is 2.59. The van der Waals surface area contributed by atoms with Crippen molar-refractivity contribution in [2.45, 2.75) is 6.61 Å². The zero-order valence-corrected chi connectivity index (χ0v) is 13.0. The summed E-state index contributed by atoms with van der Waals surface area (Å²) in [4.78, 5) is 12.2. The molecule has 2 rings (SSSR count). The van der Waals surface area contributed by atoms with Gasteiger partial charge in [-0.1, -0.05) is 24.3 Å².